The third-order valence-corrected chi connectivity index (χ3v) is 3.19. The number of rotatable bonds is 6. The van der Waals surface area contributed by atoms with Crippen LogP contribution in [-0.2, 0) is 6.61 Å². The maximum atomic E-state index is 11.4. The molecular formula is C17H16O5. The van der Waals surface area contributed by atoms with E-state index in [0.29, 0.717) is 22.6 Å². The molecule has 0 atom stereocenters. The maximum Gasteiger partial charge on any atom is 0.336 e. The van der Waals surface area contributed by atoms with E-state index < -0.39 is 5.97 Å². The lowest BCUT2D eigenvalue weighted by Crippen LogP contribution is -2.05. The molecule has 2 aromatic rings. The summed E-state index contributed by atoms with van der Waals surface area (Å²) in [5, 5.41) is 9.13. The Balaban J connectivity index is 2.19. The van der Waals surface area contributed by atoms with Gasteiger partial charge in [0.05, 0.1) is 18.2 Å². The van der Waals surface area contributed by atoms with Crippen molar-refractivity contribution in [1.29, 1.82) is 0 Å². The van der Waals surface area contributed by atoms with Crippen LogP contribution < -0.4 is 9.47 Å². The van der Waals surface area contributed by atoms with Crippen LogP contribution in [0.5, 0.6) is 11.5 Å². The molecule has 22 heavy (non-hydrogen) atoms. The molecule has 0 spiro atoms. The normalized spacial score (nSPS) is 10.1. The van der Waals surface area contributed by atoms with E-state index in [9.17, 15) is 9.59 Å². The van der Waals surface area contributed by atoms with Gasteiger partial charge in [-0.1, -0.05) is 18.2 Å². The first kappa shape index (κ1) is 15.6. The molecule has 2 rings (SSSR count). The summed E-state index contributed by atoms with van der Waals surface area (Å²) in [7, 11) is 1.48. The molecular weight excluding hydrogens is 284 g/mol. The molecule has 0 amide bonds. The van der Waals surface area contributed by atoms with Gasteiger partial charge in [-0.2, -0.15) is 0 Å². The summed E-state index contributed by atoms with van der Waals surface area (Å²) in [5.41, 5.74) is 1.25. The van der Waals surface area contributed by atoms with E-state index in [4.69, 9.17) is 14.6 Å². The van der Waals surface area contributed by atoms with Crippen molar-refractivity contribution in [2.45, 2.75) is 13.5 Å². The summed E-state index contributed by atoms with van der Waals surface area (Å²) in [6.45, 7) is 1.58. The van der Waals surface area contributed by atoms with Crippen LogP contribution in [0.2, 0.25) is 0 Å². The molecule has 5 heteroatoms. The minimum absolute atomic E-state index is 0.0976. The molecule has 0 aliphatic heterocycles. The van der Waals surface area contributed by atoms with Gasteiger partial charge in [0, 0.05) is 11.6 Å². The first-order valence-electron chi connectivity index (χ1n) is 6.66. The number of hydrogen-bond donors (Lipinski definition) is 1. The summed E-state index contributed by atoms with van der Waals surface area (Å²) in [4.78, 5) is 22.6. The summed E-state index contributed by atoms with van der Waals surface area (Å²) in [6.07, 6.45) is 0. The quantitative estimate of drug-likeness (QED) is 0.829. The van der Waals surface area contributed by atoms with E-state index in [2.05, 4.69) is 0 Å². The second-order valence-electron chi connectivity index (χ2n) is 4.67. The second kappa shape index (κ2) is 6.76. The lowest BCUT2D eigenvalue weighted by atomic mass is 10.1. The van der Waals surface area contributed by atoms with Crippen molar-refractivity contribution in [3.63, 3.8) is 0 Å². The van der Waals surface area contributed by atoms with Gasteiger partial charge in [-0.15, -0.1) is 0 Å². The number of carbonyl (C=O) groups excluding carboxylic acids is 1. The Labute approximate surface area is 128 Å². The SMILES string of the molecule is COc1cc(OCc2ccccc2C(=O)O)ccc1C(C)=O. The van der Waals surface area contributed by atoms with Crippen LogP contribution in [0.4, 0.5) is 0 Å². The highest BCUT2D eigenvalue weighted by atomic mass is 16.5. The van der Waals surface area contributed by atoms with Crippen LogP contribution in [0.25, 0.3) is 0 Å². The molecule has 0 unspecified atom stereocenters. The topological polar surface area (TPSA) is 72.8 Å². The summed E-state index contributed by atoms with van der Waals surface area (Å²) < 4.78 is 10.8. The second-order valence-corrected chi connectivity index (χ2v) is 4.67. The highest BCUT2D eigenvalue weighted by Gasteiger charge is 2.11. The molecule has 2 aromatic carbocycles. The number of carboxylic acids is 1. The minimum Gasteiger partial charge on any atom is -0.496 e. The predicted octanol–water partition coefficient (Wildman–Crippen LogP) is 3.18. The van der Waals surface area contributed by atoms with Crippen molar-refractivity contribution in [2.24, 2.45) is 0 Å². The van der Waals surface area contributed by atoms with Crippen LogP contribution in [-0.4, -0.2) is 24.0 Å². The fourth-order valence-corrected chi connectivity index (χ4v) is 2.07. The van der Waals surface area contributed by atoms with E-state index in [1.165, 1.54) is 20.1 Å². The Morgan fingerprint density at radius 1 is 1.09 bits per heavy atom. The van der Waals surface area contributed by atoms with Gasteiger partial charge in [0.2, 0.25) is 0 Å². The molecule has 0 aliphatic rings. The van der Waals surface area contributed by atoms with Crippen molar-refractivity contribution in [3.05, 3.63) is 59.2 Å². The lowest BCUT2D eigenvalue weighted by molar-refractivity contribution is 0.0693. The minimum atomic E-state index is -0.997. The van der Waals surface area contributed by atoms with Crippen molar-refractivity contribution >= 4 is 11.8 Å². The van der Waals surface area contributed by atoms with Gasteiger partial charge in [-0.3, -0.25) is 4.79 Å². The molecule has 114 valence electrons. The van der Waals surface area contributed by atoms with Crippen molar-refractivity contribution in [1.82, 2.24) is 0 Å². The average molecular weight is 300 g/mol. The Kier molecular flexibility index (Phi) is 4.78. The molecule has 0 saturated carbocycles. The van der Waals surface area contributed by atoms with E-state index >= 15 is 0 Å². The Hall–Kier alpha value is -2.82. The molecule has 0 bridgehead atoms. The number of benzene rings is 2. The molecule has 5 nitrogen and oxygen atoms in total. The molecule has 0 aromatic heterocycles. The Bertz CT molecular complexity index is 706. The smallest absolute Gasteiger partial charge is 0.336 e. The summed E-state index contributed by atoms with van der Waals surface area (Å²) in [5.74, 6) is -0.165. The number of ketones is 1. The molecule has 0 fully saturated rings. The van der Waals surface area contributed by atoms with Crippen molar-refractivity contribution in [3.8, 4) is 11.5 Å². The lowest BCUT2D eigenvalue weighted by Gasteiger charge is -2.11. The third kappa shape index (κ3) is 3.44. The third-order valence-electron chi connectivity index (χ3n) is 3.19. The monoisotopic (exact) mass is 300 g/mol. The van der Waals surface area contributed by atoms with Gasteiger partial charge >= 0.3 is 5.97 Å². The zero-order valence-electron chi connectivity index (χ0n) is 12.3. The number of carboxylic acid groups (broad SMARTS) is 1. The van der Waals surface area contributed by atoms with Gasteiger partial charge in [-0.05, 0) is 25.1 Å². The predicted molar refractivity (Wildman–Crippen MR) is 80.7 cm³/mol. The Morgan fingerprint density at radius 2 is 1.82 bits per heavy atom. The zero-order valence-corrected chi connectivity index (χ0v) is 12.3. The van der Waals surface area contributed by atoms with E-state index in [1.807, 2.05) is 0 Å². The van der Waals surface area contributed by atoms with Crippen LogP contribution in [0.3, 0.4) is 0 Å². The molecule has 1 N–H and O–H groups in total. The number of methoxy groups -OCH3 is 1. The van der Waals surface area contributed by atoms with E-state index in [1.54, 1.807) is 36.4 Å². The van der Waals surface area contributed by atoms with Gasteiger partial charge < -0.3 is 14.6 Å². The van der Waals surface area contributed by atoms with Gasteiger partial charge in [0.1, 0.15) is 18.1 Å². The first-order chi connectivity index (χ1) is 10.5. The number of Topliss-reactive ketones (excluding diaryl/α,β-unsaturated/α-hetero) is 1. The van der Waals surface area contributed by atoms with Crippen LogP contribution in [0, 0.1) is 0 Å². The number of hydrogen-bond acceptors (Lipinski definition) is 4. The fraction of sp³-hybridized carbons (Fsp3) is 0.176. The van der Waals surface area contributed by atoms with E-state index in [-0.39, 0.29) is 18.0 Å². The van der Waals surface area contributed by atoms with Crippen molar-refractivity contribution in [2.75, 3.05) is 7.11 Å². The van der Waals surface area contributed by atoms with Crippen molar-refractivity contribution < 1.29 is 24.2 Å². The summed E-state index contributed by atoms with van der Waals surface area (Å²) >= 11 is 0. The highest BCUT2D eigenvalue weighted by Crippen LogP contribution is 2.26. The van der Waals surface area contributed by atoms with Gasteiger partial charge in [0.15, 0.2) is 5.78 Å². The molecule has 0 aliphatic carbocycles. The number of ether oxygens (including phenoxy) is 2. The molecule has 0 saturated heterocycles. The molecule has 0 heterocycles. The van der Waals surface area contributed by atoms with Crippen LogP contribution in [0.1, 0.15) is 33.2 Å². The average Bonchev–Trinajstić information content (AvgIpc) is 2.52. The largest absolute Gasteiger partial charge is 0.496 e. The summed E-state index contributed by atoms with van der Waals surface area (Å²) in [6, 6.07) is 11.5. The standard InChI is InChI=1S/C17H16O5/c1-11(18)14-8-7-13(9-16(14)21-2)22-10-12-5-3-4-6-15(12)17(19)20/h3-9H,10H2,1-2H3,(H,19,20). The van der Waals surface area contributed by atoms with Gasteiger partial charge in [-0.25, -0.2) is 4.79 Å². The Morgan fingerprint density at radius 3 is 2.45 bits per heavy atom. The van der Waals surface area contributed by atoms with Crippen LogP contribution in [0.15, 0.2) is 42.5 Å². The number of aromatic carboxylic acids is 1. The van der Waals surface area contributed by atoms with E-state index in [0.717, 1.165) is 0 Å². The number of carbonyl (C=O) groups is 2. The van der Waals surface area contributed by atoms with Gasteiger partial charge in [0.25, 0.3) is 0 Å². The highest BCUT2D eigenvalue weighted by molar-refractivity contribution is 5.97. The van der Waals surface area contributed by atoms with Crippen LogP contribution >= 0.6 is 0 Å². The molecule has 0 radical (unpaired) electrons. The maximum absolute atomic E-state index is 11.4. The fourth-order valence-electron chi connectivity index (χ4n) is 2.07. The first-order valence-corrected chi connectivity index (χ1v) is 6.66. The zero-order chi connectivity index (χ0) is 16.1.